The number of nitrogens with two attached hydrogens (primary N) is 1. The molecule has 2 unspecified atom stereocenters. The predicted octanol–water partition coefficient (Wildman–Crippen LogP) is 1.25. The van der Waals surface area contributed by atoms with Crippen molar-refractivity contribution in [1.29, 1.82) is 0 Å². The lowest BCUT2D eigenvalue weighted by Gasteiger charge is -2.16. The van der Waals surface area contributed by atoms with Crippen LogP contribution in [-0.2, 0) is 14.6 Å². The van der Waals surface area contributed by atoms with E-state index in [1.165, 1.54) is 6.26 Å². The van der Waals surface area contributed by atoms with Crippen LogP contribution in [0.5, 0.6) is 0 Å². The molecule has 0 fully saturated rings. The lowest BCUT2D eigenvalue weighted by Crippen LogP contribution is -2.29. The van der Waals surface area contributed by atoms with Gasteiger partial charge in [0, 0.05) is 12.7 Å². The molecule has 1 amide bonds. The molecule has 5 nitrogen and oxygen atoms in total. The van der Waals surface area contributed by atoms with Crippen LogP contribution < -0.4 is 11.1 Å². The summed E-state index contributed by atoms with van der Waals surface area (Å²) in [7, 11) is -3.19. The molecule has 1 aromatic carbocycles. The number of hydrogen-bond donors (Lipinski definition) is 2. The van der Waals surface area contributed by atoms with E-state index in [4.69, 9.17) is 5.73 Å². The van der Waals surface area contributed by atoms with Gasteiger partial charge in [0.05, 0.1) is 10.9 Å². The summed E-state index contributed by atoms with van der Waals surface area (Å²) in [6.45, 7) is 4.26. The maximum atomic E-state index is 11.8. The van der Waals surface area contributed by atoms with Crippen LogP contribution in [0.4, 0.5) is 0 Å². The van der Waals surface area contributed by atoms with E-state index >= 15 is 0 Å². The van der Waals surface area contributed by atoms with Gasteiger partial charge in [-0.2, -0.15) is 0 Å². The maximum absolute atomic E-state index is 11.8. The molecule has 0 aliphatic heterocycles. The van der Waals surface area contributed by atoms with Gasteiger partial charge in [0.15, 0.2) is 9.84 Å². The molecule has 0 aliphatic carbocycles. The zero-order chi connectivity index (χ0) is 15.3. The van der Waals surface area contributed by atoms with Crippen LogP contribution in [0.15, 0.2) is 29.2 Å². The molecule has 0 saturated heterocycles. The van der Waals surface area contributed by atoms with Gasteiger partial charge in [-0.1, -0.05) is 19.1 Å². The van der Waals surface area contributed by atoms with Crippen LogP contribution in [0.3, 0.4) is 0 Å². The van der Waals surface area contributed by atoms with Gasteiger partial charge in [-0.25, -0.2) is 8.42 Å². The number of carbonyl (C=O) groups excluding carboxylic acids is 1. The summed E-state index contributed by atoms with van der Waals surface area (Å²) in [4.78, 5) is 12.0. The van der Waals surface area contributed by atoms with Crippen molar-refractivity contribution in [3.63, 3.8) is 0 Å². The number of carbonyl (C=O) groups is 1. The Bertz CT molecular complexity index is 552. The van der Waals surface area contributed by atoms with Crippen molar-refractivity contribution in [1.82, 2.24) is 5.32 Å². The lowest BCUT2D eigenvalue weighted by molar-refractivity contribution is -0.122. The van der Waals surface area contributed by atoms with E-state index in [9.17, 15) is 13.2 Å². The minimum absolute atomic E-state index is 0.0531. The Balaban J connectivity index is 2.69. The first-order valence-corrected chi connectivity index (χ1v) is 8.42. The molecule has 0 radical (unpaired) electrons. The average Bonchev–Trinajstić information content (AvgIpc) is 2.37. The quantitative estimate of drug-likeness (QED) is 0.827. The zero-order valence-corrected chi connectivity index (χ0v) is 12.9. The third kappa shape index (κ3) is 4.94. The summed E-state index contributed by atoms with van der Waals surface area (Å²) >= 11 is 0. The average molecular weight is 298 g/mol. The first-order valence-electron chi connectivity index (χ1n) is 6.53. The highest BCUT2D eigenvalue weighted by molar-refractivity contribution is 7.90. The Morgan fingerprint density at radius 1 is 1.25 bits per heavy atom. The van der Waals surface area contributed by atoms with Crippen molar-refractivity contribution in [2.24, 2.45) is 11.7 Å². The minimum atomic E-state index is -3.19. The van der Waals surface area contributed by atoms with E-state index < -0.39 is 9.84 Å². The number of hydrogen-bond acceptors (Lipinski definition) is 4. The highest BCUT2D eigenvalue weighted by Crippen LogP contribution is 2.16. The zero-order valence-electron chi connectivity index (χ0n) is 12.1. The molecule has 1 aromatic rings. The van der Waals surface area contributed by atoms with Crippen LogP contribution in [0.1, 0.15) is 31.9 Å². The fourth-order valence-corrected chi connectivity index (χ4v) is 2.42. The molecule has 0 aromatic heterocycles. The minimum Gasteiger partial charge on any atom is -0.350 e. The van der Waals surface area contributed by atoms with Crippen molar-refractivity contribution in [3.8, 4) is 0 Å². The van der Waals surface area contributed by atoms with Crippen LogP contribution in [0.25, 0.3) is 0 Å². The Morgan fingerprint density at radius 2 is 1.80 bits per heavy atom. The van der Waals surface area contributed by atoms with Crippen LogP contribution in [0, 0.1) is 5.92 Å². The van der Waals surface area contributed by atoms with Crippen molar-refractivity contribution < 1.29 is 13.2 Å². The van der Waals surface area contributed by atoms with Gasteiger partial charge in [0.2, 0.25) is 5.91 Å². The largest absolute Gasteiger partial charge is 0.350 e. The second-order valence-corrected chi connectivity index (χ2v) is 7.19. The summed E-state index contributed by atoms with van der Waals surface area (Å²) in [5, 5.41) is 2.88. The first-order chi connectivity index (χ1) is 9.24. The molecule has 0 saturated carbocycles. The molecule has 6 heteroatoms. The maximum Gasteiger partial charge on any atom is 0.220 e. The Labute approximate surface area is 120 Å². The fraction of sp³-hybridized carbons (Fsp3) is 0.500. The van der Waals surface area contributed by atoms with Gasteiger partial charge in [-0.15, -0.1) is 0 Å². The molecule has 20 heavy (non-hydrogen) atoms. The standard InChI is InChI=1S/C14H22N2O3S/c1-10(9-15)8-14(17)16-11(2)12-4-6-13(7-5-12)20(3,18)19/h4-7,10-11H,8-9,15H2,1-3H3,(H,16,17). The molecule has 0 aliphatic rings. The van der Waals surface area contributed by atoms with Gasteiger partial charge < -0.3 is 11.1 Å². The van der Waals surface area contributed by atoms with Crippen molar-refractivity contribution in [2.75, 3.05) is 12.8 Å². The molecule has 0 bridgehead atoms. The summed E-state index contributed by atoms with van der Waals surface area (Å²) < 4.78 is 22.7. The fourth-order valence-electron chi connectivity index (χ4n) is 1.79. The van der Waals surface area contributed by atoms with E-state index in [1.807, 2.05) is 13.8 Å². The van der Waals surface area contributed by atoms with E-state index in [1.54, 1.807) is 24.3 Å². The summed E-state index contributed by atoms with van der Waals surface area (Å²) in [5.41, 5.74) is 6.35. The Kier molecular flexibility index (Phi) is 5.71. The summed E-state index contributed by atoms with van der Waals surface area (Å²) in [5.74, 6) is 0.0949. The van der Waals surface area contributed by atoms with E-state index in [2.05, 4.69) is 5.32 Å². The van der Waals surface area contributed by atoms with Crippen LogP contribution in [0.2, 0.25) is 0 Å². The second-order valence-electron chi connectivity index (χ2n) is 5.18. The molecule has 1 rings (SSSR count). The van der Waals surface area contributed by atoms with Crippen molar-refractivity contribution in [2.45, 2.75) is 31.2 Å². The monoisotopic (exact) mass is 298 g/mol. The third-order valence-corrected chi connectivity index (χ3v) is 4.25. The third-order valence-electron chi connectivity index (χ3n) is 3.12. The summed E-state index contributed by atoms with van der Waals surface area (Å²) in [6, 6.07) is 6.37. The van der Waals surface area contributed by atoms with Gasteiger partial charge >= 0.3 is 0 Å². The molecule has 0 heterocycles. The normalized spacial score (nSPS) is 14.6. The van der Waals surface area contributed by atoms with Gasteiger partial charge in [-0.3, -0.25) is 4.79 Å². The van der Waals surface area contributed by atoms with Gasteiger partial charge in [-0.05, 0) is 37.1 Å². The SMILES string of the molecule is CC(CN)CC(=O)NC(C)c1ccc(S(C)(=O)=O)cc1. The Morgan fingerprint density at radius 3 is 2.25 bits per heavy atom. The number of nitrogens with one attached hydrogen (secondary N) is 1. The first kappa shape index (κ1) is 16.7. The second kappa shape index (κ2) is 6.85. The Hall–Kier alpha value is -1.40. The smallest absolute Gasteiger partial charge is 0.220 e. The molecule has 112 valence electrons. The lowest BCUT2D eigenvalue weighted by atomic mass is 10.1. The van der Waals surface area contributed by atoms with E-state index in [0.717, 1.165) is 5.56 Å². The van der Waals surface area contributed by atoms with E-state index in [-0.39, 0.29) is 22.8 Å². The van der Waals surface area contributed by atoms with Gasteiger partial charge in [0.25, 0.3) is 0 Å². The molecular formula is C14H22N2O3S. The molecule has 0 spiro atoms. The summed E-state index contributed by atoms with van der Waals surface area (Å²) in [6.07, 6.45) is 1.56. The predicted molar refractivity (Wildman–Crippen MR) is 78.9 cm³/mol. The van der Waals surface area contributed by atoms with Crippen LogP contribution >= 0.6 is 0 Å². The molecule has 3 N–H and O–H groups in total. The number of rotatable bonds is 6. The van der Waals surface area contributed by atoms with Crippen molar-refractivity contribution >= 4 is 15.7 Å². The van der Waals surface area contributed by atoms with Gasteiger partial charge in [0.1, 0.15) is 0 Å². The number of amides is 1. The molecular weight excluding hydrogens is 276 g/mol. The number of sulfone groups is 1. The highest BCUT2D eigenvalue weighted by Gasteiger charge is 2.13. The highest BCUT2D eigenvalue weighted by atomic mass is 32.2. The van der Waals surface area contributed by atoms with Crippen LogP contribution in [-0.4, -0.2) is 27.1 Å². The van der Waals surface area contributed by atoms with E-state index in [0.29, 0.717) is 13.0 Å². The topological polar surface area (TPSA) is 89.3 Å². The van der Waals surface area contributed by atoms with Crippen molar-refractivity contribution in [3.05, 3.63) is 29.8 Å². The molecule has 2 atom stereocenters. The number of benzene rings is 1.